The fourth-order valence-electron chi connectivity index (χ4n) is 1.86. The number of benzene rings is 1. The van der Waals surface area contributed by atoms with Gasteiger partial charge in [-0.05, 0) is 12.1 Å². The first-order chi connectivity index (χ1) is 8.87. The van der Waals surface area contributed by atoms with Crippen molar-refractivity contribution in [2.75, 3.05) is 11.4 Å². The van der Waals surface area contributed by atoms with E-state index in [9.17, 15) is 22.8 Å². The maximum absolute atomic E-state index is 12.3. The summed E-state index contributed by atoms with van der Waals surface area (Å²) in [6.07, 6.45) is -4.99. The summed E-state index contributed by atoms with van der Waals surface area (Å²) >= 11 is 0. The Morgan fingerprint density at radius 2 is 1.84 bits per heavy atom. The summed E-state index contributed by atoms with van der Waals surface area (Å²) in [7, 11) is 0. The minimum atomic E-state index is -4.83. The summed E-state index contributed by atoms with van der Waals surface area (Å²) in [6.45, 7) is 0.0654. The zero-order valence-corrected chi connectivity index (χ0v) is 9.74. The molecule has 4 nitrogen and oxygen atoms in total. The van der Waals surface area contributed by atoms with Crippen LogP contribution in [-0.2, 0) is 9.59 Å². The Morgan fingerprint density at radius 3 is 2.47 bits per heavy atom. The van der Waals surface area contributed by atoms with Crippen molar-refractivity contribution in [2.45, 2.75) is 19.2 Å². The third kappa shape index (κ3) is 3.24. The maximum atomic E-state index is 12.3. The van der Waals surface area contributed by atoms with Gasteiger partial charge in [0.15, 0.2) is 5.75 Å². The zero-order valence-electron chi connectivity index (χ0n) is 9.74. The SMILES string of the molecule is O=C1CCN(c2ccccc2OC(F)(F)F)C(=O)C1. The number of ketones is 1. The highest BCUT2D eigenvalue weighted by Gasteiger charge is 2.34. The largest absolute Gasteiger partial charge is 0.573 e. The van der Waals surface area contributed by atoms with Crippen molar-refractivity contribution in [3.63, 3.8) is 0 Å². The molecule has 2 rings (SSSR count). The molecule has 0 saturated carbocycles. The molecule has 1 fully saturated rings. The number of carbonyl (C=O) groups is 2. The molecular formula is C12H10F3NO3. The molecule has 7 heteroatoms. The number of rotatable bonds is 2. The number of halogens is 3. The van der Waals surface area contributed by atoms with Crippen LogP contribution in [0.5, 0.6) is 5.75 Å². The van der Waals surface area contributed by atoms with Crippen molar-refractivity contribution in [3.8, 4) is 5.75 Å². The number of hydrogen-bond acceptors (Lipinski definition) is 3. The average Bonchev–Trinajstić information content (AvgIpc) is 2.28. The summed E-state index contributed by atoms with van der Waals surface area (Å²) in [4.78, 5) is 23.9. The molecule has 1 aromatic rings. The van der Waals surface area contributed by atoms with Crippen LogP contribution in [0.25, 0.3) is 0 Å². The smallest absolute Gasteiger partial charge is 0.404 e. The molecular weight excluding hydrogens is 263 g/mol. The van der Waals surface area contributed by atoms with Crippen LogP contribution < -0.4 is 9.64 Å². The van der Waals surface area contributed by atoms with Crippen molar-refractivity contribution in [1.82, 2.24) is 0 Å². The molecule has 0 aliphatic carbocycles. The van der Waals surface area contributed by atoms with Crippen LogP contribution in [0.3, 0.4) is 0 Å². The van der Waals surface area contributed by atoms with E-state index in [1.165, 1.54) is 18.2 Å². The normalized spacial score (nSPS) is 16.7. The summed E-state index contributed by atoms with van der Waals surface area (Å²) in [5.41, 5.74) is 0.0253. The molecule has 0 spiro atoms. The minimum Gasteiger partial charge on any atom is -0.404 e. The van der Waals surface area contributed by atoms with Gasteiger partial charge < -0.3 is 9.64 Å². The molecule has 0 radical (unpaired) electrons. The first-order valence-corrected chi connectivity index (χ1v) is 5.53. The Hall–Kier alpha value is -2.05. The molecule has 0 unspecified atom stereocenters. The summed E-state index contributed by atoms with van der Waals surface area (Å²) in [5, 5.41) is 0. The number of anilines is 1. The average molecular weight is 273 g/mol. The summed E-state index contributed by atoms with van der Waals surface area (Å²) < 4.78 is 40.7. The maximum Gasteiger partial charge on any atom is 0.573 e. The lowest BCUT2D eigenvalue weighted by Gasteiger charge is -2.27. The Morgan fingerprint density at radius 1 is 1.16 bits per heavy atom. The van der Waals surface area contributed by atoms with Crippen molar-refractivity contribution in [3.05, 3.63) is 24.3 Å². The predicted octanol–water partition coefficient (Wildman–Crippen LogP) is 2.28. The molecule has 1 heterocycles. The van der Waals surface area contributed by atoms with E-state index in [0.29, 0.717) is 0 Å². The monoisotopic (exact) mass is 273 g/mol. The highest BCUT2D eigenvalue weighted by Crippen LogP contribution is 2.34. The van der Waals surface area contributed by atoms with Crippen LogP contribution >= 0.6 is 0 Å². The van der Waals surface area contributed by atoms with E-state index in [4.69, 9.17) is 0 Å². The molecule has 0 bridgehead atoms. The number of amides is 1. The van der Waals surface area contributed by atoms with E-state index < -0.39 is 18.0 Å². The van der Waals surface area contributed by atoms with Gasteiger partial charge in [-0.2, -0.15) is 0 Å². The molecule has 0 aromatic heterocycles. The molecule has 1 aliphatic rings. The second kappa shape index (κ2) is 4.91. The van der Waals surface area contributed by atoms with Gasteiger partial charge in [0.05, 0.1) is 12.1 Å². The van der Waals surface area contributed by atoms with Crippen molar-refractivity contribution in [2.24, 2.45) is 0 Å². The van der Waals surface area contributed by atoms with E-state index in [-0.39, 0.29) is 30.9 Å². The molecule has 1 aliphatic heterocycles. The van der Waals surface area contributed by atoms with Gasteiger partial charge >= 0.3 is 6.36 Å². The minimum absolute atomic E-state index is 0.0253. The van der Waals surface area contributed by atoms with E-state index in [0.717, 1.165) is 11.0 Å². The number of piperidine rings is 1. The molecule has 102 valence electrons. The van der Waals surface area contributed by atoms with E-state index in [1.54, 1.807) is 0 Å². The molecule has 0 atom stereocenters. The van der Waals surface area contributed by atoms with Gasteiger partial charge in [0.1, 0.15) is 5.78 Å². The lowest BCUT2D eigenvalue weighted by atomic mass is 10.1. The second-order valence-corrected chi connectivity index (χ2v) is 4.03. The molecule has 1 amide bonds. The van der Waals surface area contributed by atoms with Crippen LogP contribution in [0.2, 0.25) is 0 Å². The fourth-order valence-corrected chi connectivity index (χ4v) is 1.86. The van der Waals surface area contributed by atoms with Crippen LogP contribution in [0.15, 0.2) is 24.3 Å². The van der Waals surface area contributed by atoms with Gasteiger partial charge in [-0.3, -0.25) is 9.59 Å². The van der Waals surface area contributed by atoms with Gasteiger partial charge in [-0.25, -0.2) is 0 Å². The number of alkyl halides is 3. The first kappa shape index (κ1) is 13.4. The van der Waals surface area contributed by atoms with E-state index >= 15 is 0 Å². The lowest BCUT2D eigenvalue weighted by Crippen LogP contribution is -2.39. The Kier molecular flexibility index (Phi) is 3.46. The number of carbonyl (C=O) groups excluding carboxylic acids is 2. The van der Waals surface area contributed by atoms with Gasteiger partial charge in [-0.1, -0.05) is 12.1 Å². The zero-order chi connectivity index (χ0) is 14.0. The number of hydrogen-bond donors (Lipinski definition) is 0. The Labute approximate surface area is 106 Å². The highest BCUT2D eigenvalue weighted by atomic mass is 19.4. The highest BCUT2D eigenvalue weighted by molar-refractivity contribution is 6.09. The Balaban J connectivity index is 2.29. The van der Waals surface area contributed by atoms with Crippen LogP contribution in [0, 0.1) is 0 Å². The standard InChI is InChI=1S/C12H10F3NO3/c13-12(14,15)19-10-4-2-1-3-9(10)16-6-5-8(17)7-11(16)18/h1-4H,5-7H2. The van der Waals surface area contributed by atoms with Crippen molar-refractivity contribution in [1.29, 1.82) is 0 Å². The number of Topliss-reactive ketones (excluding diaryl/α,β-unsaturated/α-hetero) is 1. The number of ether oxygens (including phenoxy) is 1. The van der Waals surface area contributed by atoms with E-state index in [2.05, 4.69) is 4.74 Å². The van der Waals surface area contributed by atoms with Crippen LogP contribution in [0.4, 0.5) is 18.9 Å². The first-order valence-electron chi connectivity index (χ1n) is 5.53. The van der Waals surface area contributed by atoms with Crippen molar-refractivity contribution < 1.29 is 27.5 Å². The predicted molar refractivity (Wildman–Crippen MR) is 59.7 cm³/mol. The molecule has 0 N–H and O–H groups in total. The van der Waals surface area contributed by atoms with Gasteiger partial charge in [0.2, 0.25) is 5.91 Å². The molecule has 1 aromatic carbocycles. The quantitative estimate of drug-likeness (QED) is 0.777. The summed E-state index contributed by atoms with van der Waals surface area (Å²) in [6, 6.07) is 5.37. The fraction of sp³-hybridized carbons (Fsp3) is 0.333. The third-order valence-electron chi connectivity index (χ3n) is 2.65. The molecule has 19 heavy (non-hydrogen) atoms. The van der Waals surface area contributed by atoms with Gasteiger partial charge in [-0.15, -0.1) is 13.2 Å². The van der Waals surface area contributed by atoms with Crippen LogP contribution in [-0.4, -0.2) is 24.6 Å². The molecule has 1 saturated heterocycles. The van der Waals surface area contributed by atoms with E-state index in [1.807, 2.05) is 0 Å². The summed E-state index contributed by atoms with van der Waals surface area (Å²) in [5.74, 6) is -1.18. The van der Waals surface area contributed by atoms with Crippen LogP contribution in [0.1, 0.15) is 12.8 Å². The lowest BCUT2D eigenvalue weighted by molar-refractivity contribution is -0.274. The second-order valence-electron chi connectivity index (χ2n) is 4.03. The van der Waals surface area contributed by atoms with Gasteiger partial charge in [0, 0.05) is 13.0 Å². The Bertz CT molecular complexity index is 513. The number of nitrogens with zero attached hydrogens (tertiary/aromatic N) is 1. The van der Waals surface area contributed by atoms with Crippen molar-refractivity contribution >= 4 is 17.4 Å². The third-order valence-corrected chi connectivity index (χ3v) is 2.65. The number of para-hydroxylation sites is 2. The van der Waals surface area contributed by atoms with Gasteiger partial charge in [0.25, 0.3) is 0 Å². The topological polar surface area (TPSA) is 46.6 Å².